The number of hydrogen-bond donors (Lipinski definition) is 1. The van der Waals surface area contributed by atoms with Crippen LogP contribution < -0.4 is 5.32 Å². The fraction of sp³-hybridized carbons (Fsp3) is 0.667. The van der Waals surface area contributed by atoms with E-state index in [-0.39, 0.29) is 0 Å². The summed E-state index contributed by atoms with van der Waals surface area (Å²) in [5.74, 6) is 1.61. The zero-order valence-corrected chi connectivity index (χ0v) is 14.1. The highest BCUT2D eigenvalue weighted by molar-refractivity contribution is 6.30. The van der Waals surface area contributed by atoms with Crippen molar-refractivity contribution < 1.29 is 0 Å². The smallest absolute Gasteiger partial charge is 0.138 e. The molecule has 1 atom stereocenters. The fourth-order valence-electron chi connectivity index (χ4n) is 2.91. The van der Waals surface area contributed by atoms with Gasteiger partial charge in [-0.3, -0.25) is 4.68 Å². The molecule has 6 nitrogen and oxygen atoms in total. The molecule has 2 aromatic heterocycles. The maximum atomic E-state index is 6.49. The summed E-state index contributed by atoms with van der Waals surface area (Å²) in [4.78, 5) is 4.26. The summed E-state index contributed by atoms with van der Waals surface area (Å²) in [5.41, 5.74) is 2.11. The van der Waals surface area contributed by atoms with Gasteiger partial charge in [-0.15, -0.1) is 0 Å². The number of fused-ring (bicyclic) bond motifs is 1. The Labute approximate surface area is 135 Å². The van der Waals surface area contributed by atoms with Gasteiger partial charge in [-0.25, -0.2) is 9.67 Å². The third-order valence-corrected chi connectivity index (χ3v) is 4.52. The Balaban J connectivity index is 1.63. The molecule has 0 bridgehead atoms. The van der Waals surface area contributed by atoms with Crippen LogP contribution in [0.4, 0.5) is 0 Å². The number of hydrogen-bond acceptors (Lipinski definition) is 4. The van der Waals surface area contributed by atoms with Crippen LogP contribution in [0.25, 0.3) is 0 Å². The first-order chi connectivity index (χ1) is 10.5. The number of nitrogens with zero attached hydrogens (tertiary/aromatic N) is 5. The molecule has 120 valence electrons. The minimum atomic E-state index is 0.401. The molecule has 7 heteroatoms. The van der Waals surface area contributed by atoms with Crippen LogP contribution in [0.15, 0.2) is 6.33 Å². The zero-order valence-electron chi connectivity index (χ0n) is 13.4. The van der Waals surface area contributed by atoms with Crippen LogP contribution in [-0.2, 0) is 26.1 Å². The topological polar surface area (TPSA) is 60.6 Å². The second kappa shape index (κ2) is 6.38. The van der Waals surface area contributed by atoms with Crippen molar-refractivity contribution in [2.75, 3.05) is 0 Å². The quantitative estimate of drug-likeness (QED) is 0.916. The van der Waals surface area contributed by atoms with E-state index in [4.69, 9.17) is 11.6 Å². The lowest BCUT2D eigenvalue weighted by atomic mass is 10.1. The van der Waals surface area contributed by atoms with E-state index in [9.17, 15) is 0 Å². The van der Waals surface area contributed by atoms with Crippen LogP contribution in [0.5, 0.6) is 0 Å². The molecular weight excluding hydrogens is 300 g/mol. The lowest BCUT2D eigenvalue weighted by Crippen LogP contribution is -2.37. The molecule has 0 fully saturated rings. The largest absolute Gasteiger partial charge is 0.308 e. The third-order valence-electron chi connectivity index (χ3n) is 4.09. The molecule has 3 rings (SSSR count). The Morgan fingerprint density at radius 3 is 3.05 bits per heavy atom. The molecule has 0 aliphatic carbocycles. The summed E-state index contributed by atoms with van der Waals surface area (Å²) in [5, 5.41) is 13.2. The summed E-state index contributed by atoms with van der Waals surface area (Å²) >= 11 is 6.49. The van der Waals surface area contributed by atoms with E-state index in [1.54, 1.807) is 6.33 Å². The van der Waals surface area contributed by atoms with E-state index in [1.807, 2.05) is 16.3 Å². The Bertz CT molecular complexity index is 644. The van der Waals surface area contributed by atoms with E-state index in [0.717, 1.165) is 54.7 Å². The molecular formula is C15H23ClN6. The number of nitrogens with one attached hydrogen (secondary N) is 1. The normalized spacial score (nSPS) is 18.0. The number of aromatic nitrogens is 5. The van der Waals surface area contributed by atoms with Crippen LogP contribution >= 0.6 is 11.6 Å². The maximum absolute atomic E-state index is 6.49. The van der Waals surface area contributed by atoms with E-state index >= 15 is 0 Å². The summed E-state index contributed by atoms with van der Waals surface area (Å²) in [6.45, 7) is 8.83. The Morgan fingerprint density at radius 1 is 1.45 bits per heavy atom. The number of aryl methyl sites for hydroxylation is 2. The minimum absolute atomic E-state index is 0.401. The molecule has 2 aromatic rings. The number of rotatable bonds is 5. The van der Waals surface area contributed by atoms with E-state index in [1.165, 1.54) is 0 Å². The minimum Gasteiger partial charge on any atom is -0.308 e. The van der Waals surface area contributed by atoms with Gasteiger partial charge in [0.15, 0.2) is 0 Å². The first kappa shape index (κ1) is 15.5. The number of halogens is 1. The van der Waals surface area contributed by atoms with E-state index in [0.29, 0.717) is 12.0 Å². The molecule has 0 aromatic carbocycles. The van der Waals surface area contributed by atoms with Gasteiger partial charge in [0.25, 0.3) is 0 Å². The summed E-state index contributed by atoms with van der Waals surface area (Å²) in [6, 6.07) is 0.401. The lowest BCUT2D eigenvalue weighted by Gasteiger charge is -2.23. The highest BCUT2D eigenvalue weighted by Crippen LogP contribution is 2.21. The molecule has 0 saturated heterocycles. The van der Waals surface area contributed by atoms with Crippen molar-refractivity contribution in [1.82, 2.24) is 29.9 Å². The van der Waals surface area contributed by atoms with Gasteiger partial charge in [-0.05, 0) is 19.3 Å². The second-order valence-corrected chi connectivity index (χ2v) is 6.76. The summed E-state index contributed by atoms with van der Waals surface area (Å²) < 4.78 is 3.90. The molecule has 0 saturated carbocycles. The van der Waals surface area contributed by atoms with Crippen LogP contribution in [0.3, 0.4) is 0 Å². The summed E-state index contributed by atoms with van der Waals surface area (Å²) in [7, 11) is 0. The Kier molecular flexibility index (Phi) is 4.49. The Morgan fingerprint density at radius 2 is 2.27 bits per heavy atom. The van der Waals surface area contributed by atoms with Gasteiger partial charge >= 0.3 is 0 Å². The molecule has 1 aliphatic rings. The SMILES string of the molecule is Cc1nn(CC(C)C)c(Cl)c1CN[C@@H]1CCc2ncnn2C1. The molecule has 0 spiro atoms. The van der Waals surface area contributed by atoms with Gasteiger partial charge in [0, 0.05) is 31.1 Å². The van der Waals surface area contributed by atoms with Gasteiger partial charge in [0.1, 0.15) is 17.3 Å². The van der Waals surface area contributed by atoms with Crippen LogP contribution in [0, 0.1) is 12.8 Å². The monoisotopic (exact) mass is 322 g/mol. The van der Waals surface area contributed by atoms with Gasteiger partial charge in [-0.1, -0.05) is 25.4 Å². The van der Waals surface area contributed by atoms with E-state index in [2.05, 4.69) is 34.3 Å². The lowest BCUT2D eigenvalue weighted by molar-refractivity contribution is 0.358. The first-order valence-electron chi connectivity index (χ1n) is 7.86. The molecule has 0 unspecified atom stereocenters. The van der Waals surface area contributed by atoms with Crippen LogP contribution in [0.2, 0.25) is 5.15 Å². The molecule has 1 N–H and O–H groups in total. The van der Waals surface area contributed by atoms with Crippen molar-refractivity contribution in [2.45, 2.75) is 59.3 Å². The van der Waals surface area contributed by atoms with Crippen molar-refractivity contribution in [3.8, 4) is 0 Å². The highest BCUT2D eigenvalue weighted by Gasteiger charge is 2.21. The molecule has 3 heterocycles. The average molecular weight is 323 g/mol. The predicted molar refractivity (Wildman–Crippen MR) is 85.8 cm³/mol. The summed E-state index contributed by atoms with van der Waals surface area (Å²) in [6.07, 6.45) is 3.68. The van der Waals surface area contributed by atoms with Gasteiger partial charge in [-0.2, -0.15) is 10.2 Å². The molecule has 22 heavy (non-hydrogen) atoms. The van der Waals surface area contributed by atoms with Crippen molar-refractivity contribution in [3.05, 3.63) is 28.6 Å². The van der Waals surface area contributed by atoms with Crippen molar-refractivity contribution in [3.63, 3.8) is 0 Å². The highest BCUT2D eigenvalue weighted by atomic mass is 35.5. The van der Waals surface area contributed by atoms with Crippen LogP contribution in [-0.4, -0.2) is 30.6 Å². The molecule has 0 amide bonds. The fourth-order valence-corrected chi connectivity index (χ4v) is 3.22. The Hall–Kier alpha value is -1.40. The van der Waals surface area contributed by atoms with E-state index < -0.39 is 0 Å². The third kappa shape index (κ3) is 3.17. The van der Waals surface area contributed by atoms with Gasteiger partial charge in [0.05, 0.1) is 12.2 Å². The average Bonchev–Trinajstić information content (AvgIpc) is 3.02. The van der Waals surface area contributed by atoms with Crippen molar-refractivity contribution in [2.24, 2.45) is 5.92 Å². The van der Waals surface area contributed by atoms with Crippen LogP contribution in [0.1, 0.15) is 37.4 Å². The predicted octanol–water partition coefficient (Wildman–Crippen LogP) is 2.20. The van der Waals surface area contributed by atoms with Crippen molar-refractivity contribution in [1.29, 1.82) is 0 Å². The maximum Gasteiger partial charge on any atom is 0.138 e. The van der Waals surface area contributed by atoms with Gasteiger partial charge in [0.2, 0.25) is 0 Å². The second-order valence-electron chi connectivity index (χ2n) is 6.41. The standard InChI is InChI=1S/C15H23ClN6/c1-10(2)7-22-15(16)13(11(3)20-22)6-17-12-4-5-14-18-9-19-21(14)8-12/h9-10,12,17H,4-8H2,1-3H3/t12-/m1/s1. The first-order valence-corrected chi connectivity index (χ1v) is 8.24. The van der Waals surface area contributed by atoms with Crippen molar-refractivity contribution >= 4 is 11.6 Å². The molecule has 1 aliphatic heterocycles. The molecule has 0 radical (unpaired) electrons. The zero-order chi connectivity index (χ0) is 15.7. The van der Waals surface area contributed by atoms with Gasteiger partial charge < -0.3 is 5.32 Å².